The van der Waals surface area contributed by atoms with Crippen LogP contribution in [0.2, 0.25) is 0 Å². The van der Waals surface area contributed by atoms with Crippen LogP contribution in [0.25, 0.3) is 0 Å². The second-order valence-corrected chi connectivity index (χ2v) is 6.35. The van der Waals surface area contributed by atoms with Crippen LogP contribution in [-0.4, -0.2) is 11.7 Å². The predicted molar refractivity (Wildman–Crippen MR) is 71.5 cm³/mol. The van der Waals surface area contributed by atoms with Gasteiger partial charge in [0.05, 0.1) is 6.54 Å². The fourth-order valence-corrected chi connectivity index (χ4v) is 2.25. The van der Waals surface area contributed by atoms with E-state index in [4.69, 9.17) is 4.74 Å². The molecule has 0 radical (unpaired) electrons. The number of carbonyl (C=O) groups is 1. The van der Waals surface area contributed by atoms with Crippen LogP contribution in [0, 0.1) is 0 Å². The summed E-state index contributed by atoms with van der Waals surface area (Å²) in [7, 11) is 0. The Hall–Kier alpha value is -1.03. The number of alkyl carbamates (subject to hydrolysis) is 1. The van der Waals surface area contributed by atoms with E-state index in [0.29, 0.717) is 12.5 Å². The van der Waals surface area contributed by atoms with Gasteiger partial charge < -0.3 is 10.1 Å². The summed E-state index contributed by atoms with van der Waals surface area (Å²) in [5, 5.41) is 4.89. The van der Waals surface area contributed by atoms with Gasteiger partial charge in [0.25, 0.3) is 0 Å². The zero-order valence-corrected chi connectivity index (χ0v) is 12.0. The fraction of sp³-hybridized carbons (Fsp3) is 0.615. The van der Waals surface area contributed by atoms with Crippen LogP contribution >= 0.6 is 11.3 Å². The van der Waals surface area contributed by atoms with Gasteiger partial charge in [-0.3, -0.25) is 0 Å². The molecule has 0 aliphatic heterocycles. The topological polar surface area (TPSA) is 38.3 Å². The summed E-state index contributed by atoms with van der Waals surface area (Å²) in [5.41, 5.74) is 0.874. The summed E-state index contributed by atoms with van der Waals surface area (Å²) >= 11 is 1.67. The Morgan fingerprint density at radius 3 is 2.59 bits per heavy atom. The van der Waals surface area contributed by atoms with E-state index in [1.54, 1.807) is 11.3 Å². The van der Waals surface area contributed by atoms with Gasteiger partial charge in [0.2, 0.25) is 0 Å². The van der Waals surface area contributed by atoms with E-state index in [-0.39, 0.29) is 6.09 Å². The van der Waals surface area contributed by atoms with Gasteiger partial charge in [-0.25, -0.2) is 4.79 Å². The van der Waals surface area contributed by atoms with Crippen molar-refractivity contribution in [3.63, 3.8) is 0 Å². The van der Waals surface area contributed by atoms with Crippen molar-refractivity contribution in [3.05, 3.63) is 21.9 Å². The molecule has 1 amide bonds. The average Bonchev–Trinajstić information content (AvgIpc) is 2.60. The van der Waals surface area contributed by atoms with Crippen molar-refractivity contribution in [1.29, 1.82) is 0 Å². The first kappa shape index (κ1) is 14.0. The van der Waals surface area contributed by atoms with Gasteiger partial charge >= 0.3 is 6.09 Å². The van der Waals surface area contributed by atoms with Gasteiger partial charge in [-0.2, -0.15) is 0 Å². The van der Waals surface area contributed by atoms with Crippen molar-refractivity contribution in [2.24, 2.45) is 0 Å². The predicted octanol–water partition coefficient (Wildman–Crippen LogP) is 3.90. The van der Waals surface area contributed by atoms with Crippen molar-refractivity contribution < 1.29 is 9.53 Å². The lowest BCUT2D eigenvalue weighted by molar-refractivity contribution is 0.0524. The molecule has 17 heavy (non-hydrogen) atoms. The molecule has 0 fully saturated rings. The fourth-order valence-electron chi connectivity index (χ4n) is 1.27. The molecule has 96 valence electrons. The van der Waals surface area contributed by atoms with Crippen LogP contribution in [0.5, 0.6) is 0 Å². The second kappa shape index (κ2) is 5.54. The molecule has 0 aliphatic carbocycles. The summed E-state index contributed by atoms with van der Waals surface area (Å²) in [6, 6.07) is 2.13. The monoisotopic (exact) mass is 255 g/mol. The molecule has 0 unspecified atom stereocenters. The van der Waals surface area contributed by atoms with E-state index >= 15 is 0 Å². The Morgan fingerprint density at radius 2 is 2.12 bits per heavy atom. The Bertz CT molecular complexity index is 377. The summed E-state index contributed by atoms with van der Waals surface area (Å²) in [6.07, 6.45) is -0.364. The minimum atomic E-state index is -0.442. The maximum Gasteiger partial charge on any atom is 0.407 e. The lowest BCUT2D eigenvalue weighted by atomic mass is 10.1. The van der Waals surface area contributed by atoms with E-state index in [2.05, 4.69) is 30.6 Å². The SMILES string of the molecule is CC(C)c1csc(CNC(=O)OC(C)(C)C)c1. The van der Waals surface area contributed by atoms with E-state index in [1.165, 1.54) is 5.56 Å². The highest BCUT2D eigenvalue weighted by Gasteiger charge is 2.15. The number of ether oxygens (including phenoxy) is 1. The van der Waals surface area contributed by atoms with Crippen molar-refractivity contribution in [2.45, 2.75) is 52.7 Å². The average molecular weight is 255 g/mol. The first-order valence-electron chi connectivity index (χ1n) is 5.82. The van der Waals surface area contributed by atoms with Crippen molar-refractivity contribution in [1.82, 2.24) is 5.32 Å². The highest BCUT2D eigenvalue weighted by atomic mass is 32.1. The van der Waals surface area contributed by atoms with Gasteiger partial charge in [-0.15, -0.1) is 11.3 Å². The lowest BCUT2D eigenvalue weighted by Crippen LogP contribution is -2.31. The largest absolute Gasteiger partial charge is 0.444 e. The molecule has 4 heteroatoms. The van der Waals surface area contributed by atoms with Crippen molar-refractivity contribution in [3.8, 4) is 0 Å². The molecule has 0 aromatic carbocycles. The summed E-state index contributed by atoms with van der Waals surface area (Å²) < 4.78 is 5.17. The Balaban J connectivity index is 2.42. The first-order valence-corrected chi connectivity index (χ1v) is 6.70. The molecule has 0 spiro atoms. The molecule has 0 saturated heterocycles. The van der Waals surface area contributed by atoms with Crippen LogP contribution in [0.3, 0.4) is 0 Å². The van der Waals surface area contributed by atoms with Crippen molar-refractivity contribution >= 4 is 17.4 Å². The van der Waals surface area contributed by atoms with Gasteiger partial charge in [-0.05, 0) is 43.7 Å². The number of amides is 1. The van der Waals surface area contributed by atoms with Gasteiger partial charge in [0.1, 0.15) is 5.60 Å². The quantitative estimate of drug-likeness (QED) is 0.889. The lowest BCUT2D eigenvalue weighted by Gasteiger charge is -2.19. The zero-order valence-electron chi connectivity index (χ0n) is 11.2. The number of hydrogen-bond donors (Lipinski definition) is 1. The molecule has 1 N–H and O–H groups in total. The standard InChI is InChI=1S/C13H21NO2S/c1-9(2)10-6-11(17-8-10)7-14-12(15)16-13(3,4)5/h6,8-9H,7H2,1-5H3,(H,14,15). The highest BCUT2D eigenvalue weighted by molar-refractivity contribution is 7.10. The normalized spacial score (nSPS) is 11.6. The minimum absolute atomic E-state index is 0.364. The maximum absolute atomic E-state index is 11.4. The molecule has 1 aromatic heterocycles. The summed E-state index contributed by atoms with van der Waals surface area (Å²) in [4.78, 5) is 12.6. The molecular weight excluding hydrogens is 234 g/mol. The summed E-state index contributed by atoms with van der Waals surface area (Å²) in [6.45, 7) is 10.4. The van der Waals surface area contributed by atoms with E-state index in [1.807, 2.05) is 20.8 Å². The molecule has 3 nitrogen and oxygen atoms in total. The van der Waals surface area contributed by atoms with E-state index in [9.17, 15) is 4.79 Å². The molecule has 0 aliphatic rings. The number of hydrogen-bond acceptors (Lipinski definition) is 3. The number of carbonyl (C=O) groups excluding carboxylic acids is 1. The van der Waals surface area contributed by atoms with Crippen LogP contribution in [0.4, 0.5) is 4.79 Å². The van der Waals surface area contributed by atoms with Crippen LogP contribution < -0.4 is 5.32 Å². The third-order valence-corrected chi connectivity index (χ3v) is 3.10. The second-order valence-electron chi connectivity index (χ2n) is 5.36. The van der Waals surface area contributed by atoms with Crippen molar-refractivity contribution in [2.75, 3.05) is 0 Å². The maximum atomic E-state index is 11.4. The number of rotatable bonds is 3. The van der Waals surface area contributed by atoms with Gasteiger partial charge in [-0.1, -0.05) is 13.8 Å². The zero-order chi connectivity index (χ0) is 13.1. The minimum Gasteiger partial charge on any atom is -0.444 e. The third-order valence-electron chi connectivity index (χ3n) is 2.15. The first-order chi connectivity index (χ1) is 7.78. The number of thiophene rings is 1. The van der Waals surface area contributed by atoms with E-state index < -0.39 is 5.60 Å². The Morgan fingerprint density at radius 1 is 1.47 bits per heavy atom. The molecular formula is C13H21NO2S. The number of nitrogens with one attached hydrogen (secondary N) is 1. The van der Waals surface area contributed by atoms with Crippen LogP contribution in [0.15, 0.2) is 11.4 Å². The molecule has 0 atom stereocenters. The van der Waals surface area contributed by atoms with Crippen LogP contribution in [-0.2, 0) is 11.3 Å². The summed E-state index contributed by atoms with van der Waals surface area (Å²) in [5.74, 6) is 0.529. The Kier molecular flexibility index (Phi) is 4.57. The Labute approximate surface area is 107 Å². The third kappa shape index (κ3) is 5.22. The van der Waals surface area contributed by atoms with Gasteiger partial charge in [0, 0.05) is 4.88 Å². The van der Waals surface area contributed by atoms with E-state index in [0.717, 1.165) is 4.88 Å². The molecule has 1 rings (SSSR count). The molecule has 1 aromatic rings. The molecule has 0 saturated carbocycles. The van der Waals surface area contributed by atoms with Gasteiger partial charge in [0.15, 0.2) is 0 Å². The van der Waals surface area contributed by atoms with Crippen LogP contribution in [0.1, 0.15) is 51.0 Å². The molecule has 0 bridgehead atoms. The molecule has 1 heterocycles. The highest BCUT2D eigenvalue weighted by Crippen LogP contribution is 2.21. The smallest absolute Gasteiger partial charge is 0.407 e.